The summed E-state index contributed by atoms with van der Waals surface area (Å²) in [5.41, 5.74) is 9.85. The van der Waals surface area contributed by atoms with Gasteiger partial charge in [0.25, 0.3) is 0 Å². The van der Waals surface area contributed by atoms with Crippen molar-refractivity contribution in [2.75, 3.05) is 0 Å². The van der Waals surface area contributed by atoms with Gasteiger partial charge >= 0.3 is 0 Å². The first-order valence-electron chi connectivity index (χ1n) is 9.21. The van der Waals surface area contributed by atoms with Crippen LogP contribution in [0.15, 0.2) is 42.5 Å². The fraction of sp³-hybridized carbons (Fsp3) is 0.409. The Bertz CT molecular complexity index is 745. The molecule has 1 aliphatic carbocycles. The van der Waals surface area contributed by atoms with Crippen LogP contribution in [0.2, 0.25) is 0 Å². The van der Waals surface area contributed by atoms with Gasteiger partial charge in [-0.05, 0) is 60.4 Å². The highest BCUT2D eigenvalue weighted by molar-refractivity contribution is 5.79. The average Bonchev–Trinajstić information content (AvgIpc) is 3.09. The lowest BCUT2D eigenvalue weighted by atomic mass is 9.91. The molecule has 25 heavy (non-hydrogen) atoms. The molecule has 0 unspecified atom stereocenters. The number of amides is 1. The molecule has 2 aromatic rings. The lowest BCUT2D eigenvalue weighted by molar-refractivity contribution is -0.117. The summed E-state index contributed by atoms with van der Waals surface area (Å²) in [6.45, 7) is 4.40. The van der Waals surface area contributed by atoms with E-state index in [0.29, 0.717) is 12.0 Å². The molecule has 0 aromatic heterocycles. The monoisotopic (exact) mass is 337 g/mol. The molecule has 0 bridgehead atoms. The number of hydrogen-bond acceptors (Lipinski definition) is 2. The predicted molar refractivity (Wildman–Crippen MR) is 102 cm³/mol. The Hall–Kier alpha value is -2.29. The van der Waals surface area contributed by atoms with Gasteiger partial charge in [-0.3, -0.25) is 4.79 Å². The van der Waals surface area contributed by atoms with Gasteiger partial charge in [-0.2, -0.15) is 0 Å². The quantitative estimate of drug-likeness (QED) is 0.821. The molecule has 2 aromatic carbocycles. The summed E-state index contributed by atoms with van der Waals surface area (Å²) in [5.74, 6) is 1.01. The summed E-state index contributed by atoms with van der Waals surface area (Å²) in [6, 6.07) is 14.5. The summed E-state index contributed by atoms with van der Waals surface area (Å²) < 4.78 is 6.34. The fourth-order valence-electron chi connectivity index (χ4n) is 3.63. The molecular formula is C22H27NO2. The third-order valence-corrected chi connectivity index (χ3v) is 4.89. The number of rotatable bonds is 6. The maximum atomic E-state index is 11.3. The van der Waals surface area contributed by atoms with Crippen LogP contribution in [0.5, 0.6) is 5.75 Å². The van der Waals surface area contributed by atoms with E-state index in [-0.39, 0.29) is 12.3 Å². The van der Waals surface area contributed by atoms with Crippen molar-refractivity contribution in [2.45, 2.75) is 58.0 Å². The third-order valence-electron chi connectivity index (χ3n) is 4.89. The van der Waals surface area contributed by atoms with E-state index in [4.69, 9.17) is 10.5 Å². The first-order valence-corrected chi connectivity index (χ1v) is 9.21. The van der Waals surface area contributed by atoms with Gasteiger partial charge in [-0.1, -0.05) is 44.2 Å². The second kappa shape index (κ2) is 7.73. The van der Waals surface area contributed by atoms with Gasteiger partial charge in [-0.15, -0.1) is 0 Å². The summed E-state index contributed by atoms with van der Waals surface area (Å²) in [4.78, 5) is 11.3. The second-order valence-electron chi connectivity index (χ2n) is 7.24. The first kappa shape index (κ1) is 17.5. The molecule has 0 aliphatic heterocycles. The largest absolute Gasteiger partial charge is 0.490 e. The van der Waals surface area contributed by atoms with Crippen LogP contribution in [0.3, 0.4) is 0 Å². The van der Waals surface area contributed by atoms with Gasteiger partial charge in [0.15, 0.2) is 0 Å². The number of benzene rings is 2. The average molecular weight is 337 g/mol. The van der Waals surface area contributed by atoms with Crippen molar-refractivity contribution in [3.63, 3.8) is 0 Å². The lowest BCUT2D eigenvalue weighted by Crippen LogP contribution is -2.14. The number of hydrogen-bond donors (Lipinski definition) is 1. The van der Waals surface area contributed by atoms with Crippen molar-refractivity contribution in [1.29, 1.82) is 0 Å². The molecule has 1 amide bonds. The van der Waals surface area contributed by atoms with Gasteiger partial charge in [-0.25, -0.2) is 0 Å². The predicted octanol–water partition coefficient (Wildman–Crippen LogP) is 4.83. The van der Waals surface area contributed by atoms with Gasteiger partial charge in [0.05, 0.1) is 12.5 Å². The van der Waals surface area contributed by atoms with Crippen LogP contribution >= 0.6 is 0 Å². The van der Waals surface area contributed by atoms with E-state index < -0.39 is 0 Å². The molecule has 1 fully saturated rings. The number of carbonyl (C=O) groups is 1. The minimum atomic E-state index is -0.312. The van der Waals surface area contributed by atoms with Crippen molar-refractivity contribution in [2.24, 2.45) is 5.73 Å². The molecule has 0 atom stereocenters. The summed E-state index contributed by atoms with van der Waals surface area (Å²) >= 11 is 0. The van der Waals surface area contributed by atoms with Gasteiger partial charge in [0, 0.05) is 5.56 Å². The molecule has 2 N–H and O–H groups in total. The van der Waals surface area contributed by atoms with Gasteiger partial charge in [0.1, 0.15) is 5.75 Å². The van der Waals surface area contributed by atoms with Crippen LogP contribution < -0.4 is 10.5 Å². The van der Waals surface area contributed by atoms with E-state index in [2.05, 4.69) is 44.2 Å². The molecular weight excluding hydrogens is 310 g/mol. The van der Waals surface area contributed by atoms with Crippen LogP contribution in [-0.4, -0.2) is 12.0 Å². The molecule has 1 saturated carbocycles. The molecule has 3 heteroatoms. The smallest absolute Gasteiger partial charge is 0.221 e. The summed E-state index contributed by atoms with van der Waals surface area (Å²) in [7, 11) is 0. The van der Waals surface area contributed by atoms with Crippen LogP contribution in [-0.2, 0) is 11.2 Å². The normalized spacial score (nSPS) is 14.8. The SMILES string of the molecule is CC(C)c1ccccc1-c1cc(CC(N)=O)ccc1OC1CCCC1. The third kappa shape index (κ3) is 4.22. The molecule has 3 rings (SSSR count). The van der Waals surface area contributed by atoms with Crippen molar-refractivity contribution in [3.05, 3.63) is 53.6 Å². The van der Waals surface area contributed by atoms with Crippen LogP contribution in [0.1, 0.15) is 56.6 Å². The van der Waals surface area contributed by atoms with E-state index in [0.717, 1.165) is 29.7 Å². The van der Waals surface area contributed by atoms with E-state index in [1.54, 1.807) is 0 Å². The Morgan fingerprint density at radius 1 is 1.12 bits per heavy atom. The topological polar surface area (TPSA) is 52.3 Å². The van der Waals surface area contributed by atoms with Crippen molar-refractivity contribution in [1.82, 2.24) is 0 Å². The fourth-order valence-corrected chi connectivity index (χ4v) is 3.63. The Morgan fingerprint density at radius 3 is 2.52 bits per heavy atom. The Kier molecular flexibility index (Phi) is 5.42. The maximum absolute atomic E-state index is 11.3. The highest BCUT2D eigenvalue weighted by Crippen LogP contribution is 2.38. The number of primary amides is 1. The number of carbonyl (C=O) groups excluding carboxylic acids is 1. The molecule has 132 valence electrons. The molecule has 1 aliphatic rings. The highest BCUT2D eigenvalue weighted by atomic mass is 16.5. The van der Waals surface area contributed by atoms with E-state index in [9.17, 15) is 4.79 Å². The van der Waals surface area contributed by atoms with Crippen LogP contribution in [0, 0.1) is 0 Å². The highest BCUT2D eigenvalue weighted by Gasteiger charge is 2.20. The Balaban J connectivity index is 2.05. The van der Waals surface area contributed by atoms with E-state index in [1.165, 1.54) is 24.0 Å². The summed E-state index contributed by atoms with van der Waals surface area (Å²) in [6.07, 6.45) is 5.26. The van der Waals surface area contributed by atoms with Crippen molar-refractivity contribution >= 4 is 5.91 Å². The number of ether oxygens (including phenoxy) is 1. The van der Waals surface area contributed by atoms with Crippen molar-refractivity contribution < 1.29 is 9.53 Å². The van der Waals surface area contributed by atoms with Crippen LogP contribution in [0.25, 0.3) is 11.1 Å². The van der Waals surface area contributed by atoms with Gasteiger partial charge < -0.3 is 10.5 Å². The molecule has 0 saturated heterocycles. The summed E-state index contributed by atoms with van der Waals surface area (Å²) in [5, 5.41) is 0. The Labute approximate surface area is 150 Å². The maximum Gasteiger partial charge on any atom is 0.221 e. The first-order chi connectivity index (χ1) is 12.0. The zero-order chi connectivity index (χ0) is 17.8. The standard InChI is InChI=1S/C22H27NO2/c1-15(2)18-9-5-6-10-19(18)20-13-16(14-22(23)24)11-12-21(20)25-17-7-3-4-8-17/h5-6,9-13,15,17H,3-4,7-8,14H2,1-2H3,(H2,23,24). The molecule has 0 radical (unpaired) electrons. The lowest BCUT2D eigenvalue weighted by Gasteiger charge is -2.20. The minimum Gasteiger partial charge on any atom is -0.490 e. The van der Waals surface area contributed by atoms with E-state index >= 15 is 0 Å². The second-order valence-corrected chi connectivity index (χ2v) is 7.24. The van der Waals surface area contributed by atoms with Crippen LogP contribution in [0.4, 0.5) is 0 Å². The molecule has 3 nitrogen and oxygen atoms in total. The molecule has 0 spiro atoms. The van der Waals surface area contributed by atoms with Gasteiger partial charge in [0.2, 0.25) is 5.91 Å². The van der Waals surface area contributed by atoms with E-state index in [1.807, 2.05) is 12.1 Å². The molecule has 0 heterocycles. The zero-order valence-electron chi connectivity index (χ0n) is 15.1. The zero-order valence-corrected chi connectivity index (χ0v) is 15.1. The van der Waals surface area contributed by atoms with Crippen molar-refractivity contribution in [3.8, 4) is 16.9 Å². The number of nitrogens with two attached hydrogens (primary N) is 1. The minimum absolute atomic E-state index is 0.251. The Morgan fingerprint density at radius 2 is 1.84 bits per heavy atom.